The minimum Gasteiger partial charge on any atom is -0.465 e. The maximum atomic E-state index is 13.0. The standard InChI is InChI=1S/C31H48O8SSi.C21H36O8SSi.C5H6/c1-5-31(20-38-29(33)26-17-22-7-9-24(26)15-22,21-39-30(34)27-18-23-8-10-25(27)16-23)19-37-28(32)11-13-40-12-6-14-41(4,35-2)36-3;1-7-18(22)27-15-21(9-3,16-28-19(23)8-2)17-29-20(24)11-13-30-12-10-14-31(6,25-4)26-5;1-2-4-5-3-1/h7-10,22-27H,5-6,11-21H2,1-4H3;7-8H,1-2,9-17H2,3-6H3;1-4H,5H2. The number of allylic oxidation sites excluding steroid dienone is 8. The van der Waals surface area contributed by atoms with Crippen LogP contribution in [0, 0.1) is 46.3 Å². The van der Waals surface area contributed by atoms with E-state index < -0.39 is 39.9 Å². The molecule has 20 heteroatoms. The predicted molar refractivity (Wildman–Crippen MR) is 306 cm³/mol. The monoisotopic (exact) mass is 1150 g/mol. The predicted octanol–water partition coefficient (Wildman–Crippen LogP) is 10.1. The first-order valence-electron chi connectivity index (χ1n) is 27.2. The largest absolute Gasteiger partial charge is 0.465 e. The Morgan fingerprint density at radius 1 is 0.532 bits per heavy atom. The third-order valence-corrected chi connectivity index (χ3v) is 23.4. The molecule has 5 aliphatic rings. The average Bonchev–Trinajstić information content (AvgIpc) is 4.36. The molecule has 0 aromatic rings. The van der Waals surface area contributed by atoms with E-state index in [1.165, 1.54) is 0 Å². The molecule has 16 nitrogen and oxygen atoms in total. The second kappa shape index (κ2) is 35.8. The highest BCUT2D eigenvalue weighted by Gasteiger charge is 2.44. The highest BCUT2D eigenvalue weighted by Crippen LogP contribution is 2.45. The smallest absolute Gasteiger partial charge is 0.334 e. The summed E-state index contributed by atoms with van der Waals surface area (Å²) in [5.74, 6) is 2.07. The Morgan fingerprint density at radius 3 is 1.18 bits per heavy atom. The maximum Gasteiger partial charge on any atom is 0.334 e. The summed E-state index contributed by atoms with van der Waals surface area (Å²) in [6.45, 7) is 14.6. The van der Waals surface area contributed by atoms with Gasteiger partial charge < -0.3 is 46.1 Å². The van der Waals surface area contributed by atoms with Crippen molar-refractivity contribution >= 4 is 76.5 Å². The molecule has 5 rings (SSSR count). The SMILES string of the molecule is C1=CCC=C1.C=CC(=O)OCC(CC)(COC(=O)C=C)COC(=O)CCSCCC[Si](C)(OC)OC.CCC(COC(=O)CCSCCC[Si](C)(OC)OC)(COC(=O)C1CC2C=CC1C2)COC(=O)C1CC2C=CC1C2. The van der Waals surface area contributed by atoms with Crippen molar-refractivity contribution in [1.82, 2.24) is 0 Å². The minimum atomic E-state index is -2.06. The lowest BCUT2D eigenvalue weighted by molar-refractivity contribution is -0.167. The molecule has 4 bridgehead atoms. The number of hydrogen-bond acceptors (Lipinski definition) is 18. The fraction of sp³-hybridized carbons (Fsp3) is 0.684. The van der Waals surface area contributed by atoms with Crippen molar-refractivity contribution in [3.63, 3.8) is 0 Å². The molecule has 0 aromatic heterocycles. The maximum absolute atomic E-state index is 13.0. The van der Waals surface area contributed by atoms with Crippen LogP contribution in [0.3, 0.4) is 0 Å². The Balaban J connectivity index is 0.000000384. The summed E-state index contributed by atoms with van der Waals surface area (Å²) in [6.07, 6.45) is 27.4. The molecule has 434 valence electrons. The summed E-state index contributed by atoms with van der Waals surface area (Å²) in [7, 11) is 2.64. The van der Waals surface area contributed by atoms with Gasteiger partial charge in [0, 0.05) is 52.1 Å². The van der Waals surface area contributed by atoms with Gasteiger partial charge in [0.25, 0.3) is 0 Å². The van der Waals surface area contributed by atoms with E-state index in [0.29, 0.717) is 42.6 Å². The van der Waals surface area contributed by atoms with E-state index in [0.717, 1.165) is 80.7 Å². The Labute approximate surface area is 470 Å². The van der Waals surface area contributed by atoms with Crippen LogP contribution in [-0.2, 0) is 74.9 Å². The van der Waals surface area contributed by atoms with Gasteiger partial charge in [0.05, 0.1) is 35.5 Å². The third kappa shape index (κ3) is 24.2. The fourth-order valence-electron chi connectivity index (χ4n) is 9.28. The van der Waals surface area contributed by atoms with Gasteiger partial charge in [-0.25, -0.2) is 9.59 Å². The lowest BCUT2D eigenvalue weighted by Gasteiger charge is -2.32. The second-order valence-corrected chi connectivity index (χ2v) is 30.4. The molecule has 77 heavy (non-hydrogen) atoms. The Kier molecular flexibility index (Phi) is 31.4. The van der Waals surface area contributed by atoms with Crippen LogP contribution in [-0.4, -0.2) is 144 Å². The van der Waals surface area contributed by atoms with Crippen molar-refractivity contribution in [3.05, 3.63) is 73.9 Å². The second-order valence-electron chi connectivity index (χ2n) is 20.7. The Morgan fingerprint density at radius 2 is 0.896 bits per heavy atom. The molecule has 6 unspecified atom stereocenters. The van der Waals surface area contributed by atoms with Crippen molar-refractivity contribution in [3.8, 4) is 0 Å². The van der Waals surface area contributed by atoms with Gasteiger partial charge in [0.15, 0.2) is 0 Å². The van der Waals surface area contributed by atoms with Gasteiger partial charge in [-0.05, 0) is 118 Å². The normalized spacial score (nSPS) is 21.2. The highest BCUT2D eigenvalue weighted by atomic mass is 32.2. The van der Waals surface area contributed by atoms with Crippen LogP contribution in [0.25, 0.3) is 0 Å². The first kappa shape index (κ1) is 67.5. The summed E-state index contributed by atoms with van der Waals surface area (Å²) in [5.41, 5.74) is -1.61. The van der Waals surface area contributed by atoms with E-state index in [4.69, 9.17) is 46.1 Å². The van der Waals surface area contributed by atoms with E-state index in [-0.39, 0.29) is 93.6 Å². The average molecular weight is 1150 g/mol. The summed E-state index contributed by atoms with van der Waals surface area (Å²) in [6, 6.07) is 1.80. The van der Waals surface area contributed by atoms with Gasteiger partial charge in [-0.1, -0.05) is 75.6 Å². The van der Waals surface area contributed by atoms with Crippen LogP contribution in [0.1, 0.15) is 84.5 Å². The van der Waals surface area contributed by atoms with Crippen molar-refractivity contribution in [1.29, 1.82) is 0 Å². The summed E-state index contributed by atoms with van der Waals surface area (Å²) < 4.78 is 55.0. The Hall–Kier alpha value is -3.77. The first-order chi connectivity index (χ1) is 36.9. The topological polar surface area (TPSA) is 195 Å². The van der Waals surface area contributed by atoms with Crippen LogP contribution in [0.2, 0.25) is 25.2 Å². The minimum absolute atomic E-state index is 0.0342. The molecule has 0 aliphatic heterocycles. The van der Waals surface area contributed by atoms with E-state index >= 15 is 0 Å². The van der Waals surface area contributed by atoms with Crippen molar-refractivity contribution in [2.24, 2.45) is 46.3 Å². The molecule has 2 fully saturated rings. The molecule has 0 saturated heterocycles. The number of hydrogen-bond donors (Lipinski definition) is 0. The molecule has 0 radical (unpaired) electrons. The number of thioether (sulfide) groups is 2. The molecule has 0 N–H and O–H groups in total. The summed E-state index contributed by atoms with van der Waals surface area (Å²) in [4.78, 5) is 73.7. The lowest BCUT2D eigenvalue weighted by atomic mass is 9.87. The zero-order valence-corrected chi connectivity index (χ0v) is 50.9. The van der Waals surface area contributed by atoms with Crippen LogP contribution in [0.5, 0.6) is 0 Å². The zero-order chi connectivity index (χ0) is 56.7. The number of esters is 6. The van der Waals surface area contributed by atoms with E-state index in [1.807, 2.05) is 26.9 Å². The molecule has 0 amide bonds. The van der Waals surface area contributed by atoms with Gasteiger partial charge in [-0.3, -0.25) is 19.2 Å². The first-order valence-corrected chi connectivity index (χ1v) is 34.5. The van der Waals surface area contributed by atoms with Crippen LogP contribution in [0.15, 0.2) is 73.9 Å². The number of carbonyl (C=O) groups is 6. The number of ether oxygens (including phenoxy) is 6. The third-order valence-electron chi connectivity index (χ3n) is 15.3. The molecule has 0 spiro atoms. The highest BCUT2D eigenvalue weighted by molar-refractivity contribution is 7.99. The van der Waals surface area contributed by atoms with Crippen molar-refractivity contribution < 1.29 is 74.9 Å². The summed E-state index contributed by atoms with van der Waals surface area (Å²) in [5, 5.41) is 0. The van der Waals surface area contributed by atoms with Gasteiger partial charge in [-0.2, -0.15) is 23.5 Å². The number of carbonyl (C=O) groups excluding carboxylic acids is 6. The molecular formula is C57H90O16S2Si2. The number of rotatable bonds is 36. The van der Waals surface area contributed by atoms with Gasteiger partial charge in [0.2, 0.25) is 0 Å². The zero-order valence-electron chi connectivity index (χ0n) is 47.3. The van der Waals surface area contributed by atoms with Gasteiger partial charge >= 0.3 is 52.9 Å². The number of fused-ring (bicyclic) bond motifs is 4. The summed E-state index contributed by atoms with van der Waals surface area (Å²) >= 11 is 3.38. The van der Waals surface area contributed by atoms with Crippen LogP contribution < -0.4 is 0 Å². The van der Waals surface area contributed by atoms with E-state index in [1.54, 1.807) is 52.0 Å². The Bertz CT molecular complexity index is 1920. The van der Waals surface area contributed by atoms with E-state index in [2.05, 4.69) is 61.8 Å². The molecule has 0 heterocycles. The molecule has 2 saturated carbocycles. The molecular weight excluding hydrogens is 1060 g/mol. The van der Waals surface area contributed by atoms with Crippen molar-refractivity contribution in [2.75, 3.05) is 91.1 Å². The molecule has 6 atom stereocenters. The lowest BCUT2D eigenvalue weighted by Crippen LogP contribution is -2.40. The van der Waals surface area contributed by atoms with Crippen LogP contribution >= 0.6 is 23.5 Å². The van der Waals surface area contributed by atoms with Gasteiger partial charge in [-0.15, -0.1) is 0 Å². The van der Waals surface area contributed by atoms with Crippen molar-refractivity contribution in [2.45, 2.75) is 110 Å². The van der Waals surface area contributed by atoms with E-state index in [9.17, 15) is 28.8 Å². The molecule has 5 aliphatic carbocycles. The quantitative estimate of drug-likeness (QED) is 0.0143. The van der Waals surface area contributed by atoms with Gasteiger partial charge in [0.1, 0.15) is 39.6 Å². The van der Waals surface area contributed by atoms with Crippen LogP contribution in [0.4, 0.5) is 0 Å². The molecule has 0 aromatic carbocycles. The fourth-order valence-corrected chi connectivity index (χ4v) is 14.3.